The number of rotatable bonds is 8. The average Bonchev–Trinajstić information content (AvgIpc) is 3.08. The van der Waals surface area contributed by atoms with Crippen molar-refractivity contribution in [2.75, 3.05) is 19.8 Å². The number of thioether (sulfide) groups is 1. The smallest absolute Gasteiger partial charge is 0.269 e. The molecule has 0 saturated heterocycles. The van der Waals surface area contributed by atoms with Gasteiger partial charge in [0.2, 0.25) is 0 Å². The van der Waals surface area contributed by atoms with E-state index < -0.39 is 0 Å². The van der Waals surface area contributed by atoms with Crippen LogP contribution in [0.25, 0.3) is 0 Å². The van der Waals surface area contributed by atoms with Gasteiger partial charge in [-0.1, -0.05) is 12.1 Å². The molecule has 7 heteroatoms. The molecular weight excluding hydrogens is 336 g/mol. The van der Waals surface area contributed by atoms with Gasteiger partial charge in [0.1, 0.15) is 0 Å². The molecule has 25 heavy (non-hydrogen) atoms. The zero-order chi connectivity index (χ0) is 18.1. The van der Waals surface area contributed by atoms with Crippen LogP contribution in [-0.2, 0) is 6.42 Å². The summed E-state index contributed by atoms with van der Waals surface area (Å²) in [6.07, 6.45) is 8.91. The third-order valence-electron chi connectivity index (χ3n) is 4.61. The number of aryl methyl sites for hydroxylation is 1. The molecule has 0 heterocycles. The van der Waals surface area contributed by atoms with Gasteiger partial charge in [0.15, 0.2) is 5.96 Å². The minimum absolute atomic E-state index is 0.149. The normalized spacial score (nSPS) is 20.5. The Hall–Kier alpha value is -1.76. The summed E-state index contributed by atoms with van der Waals surface area (Å²) in [6.45, 7) is 0.880. The second-order valence-electron chi connectivity index (χ2n) is 6.39. The molecule has 0 amide bonds. The van der Waals surface area contributed by atoms with E-state index >= 15 is 0 Å². The highest BCUT2D eigenvalue weighted by Crippen LogP contribution is 2.27. The van der Waals surface area contributed by atoms with Crippen molar-refractivity contribution in [2.45, 2.75) is 49.8 Å². The van der Waals surface area contributed by atoms with Crippen molar-refractivity contribution in [3.8, 4) is 0 Å². The van der Waals surface area contributed by atoms with Crippen molar-refractivity contribution < 1.29 is 4.92 Å². The van der Waals surface area contributed by atoms with Gasteiger partial charge in [-0.3, -0.25) is 15.1 Å². The van der Waals surface area contributed by atoms with E-state index in [9.17, 15) is 10.1 Å². The minimum atomic E-state index is -0.363. The molecule has 1 saturated carbocycles. The van der Waals surface area contributed by atoms with Crippen molar-refractivity contribution in [2.24, 2.45) is 4.99 Å². The Labute approximate surface area is 154 Å². The van der Waals surface area contributed by atoms with E-state index in [4.69, 9.17) is 0 Å². The number of benzene rings is 1. The Kier molecular flexibility index (Phi) is 8.04. The van der Waals surface area contributed by atoms with Gasteiger partial charge in [-0.15, -0.1) is 0 Å². The number of nitro groups is 1. The van der Waals surface area contributed by atoms with Gasteiger partial charge in [-0.25, -0.2) is 0 Å². The second kappa shape index (κ2) is 10.3. The molecule has 0 spiro atoms. The van der Waals surface area contributed by atoms with E-state index in [1.54, 1.807) is 12.1 Å². The van der Waals surface area contributed by atoms with Crippen LogP contribution in [0.3, 0.4) is 0 Å². The molecular formula is C18H28N4O2S. The highest BCUT2D eigenvalue weighted by atomic mass is 32.2. The lowest BCUT2D eigenvalue weighted by Gasteiger charge is -2.17. The number of non-ortho nitro benzene ring substituents is 1. The molecule has 1 aromatic rings. The van der Waals surface area contributed by atoms with E-state index in [2.05, 4.69) is 21.9 Å². The molecule has 2 N–H and O–H groups in total. The van der Waals surface area contributed by atoms with Gasteiger partial charge in [0.05, 0.1) is 4.92 Å². The minimum Gasteiger partial charge on any atom is -0.356 e. The highest BCUT2D eigenvalue weighted by molar-refractivity contribution is 7.99. The summed E-state index contributed by atoms with van der Waals surface area (Å²) in [4.78, 5) is 14.6. The summed E-state index contributed by atoms with van der Waals surface area (Å²) in [6, 6.07) is 7.36. The maximum absolute atomic E-state index is 10.6. The molecule has 138 valence electrons. The molecule has 1 fully saturated rings. The molecule has 1 aliphatic rings. The van der Waals surface area contributed by atoms with E-state index in [1.165, 1.54) is 19.3 Å². The Morgan fingerprint density at radius 3 is 2.68 bits per heavy atom. The van der Waals surface area contributed by atoms with Gasteiger partial charge in [-0.2, -0.15) is 11.8 Å². The summed E-state index contributed by atoms with van der Waals surface area (Å²) in [7, 11) is 1.81. The van der Waals surface area contributed by atoms with E-state index in [1.807, 2.05) is 30.9 Å². The molecule has 0 aromatic heterocycles. The Morgan fingerprint density at radius 1 is 1.32 bits per heavy atom. The summed E-state index contributed by atoms with van der Waals surface area (Å²) >= 11 is 1.96. The number of nitrogens with one attached hydrogen (secondary N) is 2. The number of hydrogen-bond acceptors (Lipinski definition) is 4. The zero-order valence-electron chi connectivity index (χ0n) is 15.0. The molecule has 2 unspecified atom stereocenters. The number of nitro benzene ring substituents is 1. The first-order valence-corrected chi connectivity index (χ1v) is 10.1. The number of hydrogen-bond donors (Lipinski definition) is 2. The van der Waals surface area contributed by atoms with Gasteiger partial charge in [-0.05, 0) is 50.3 Å². The lowest BCUT2D eigenvalue weighted by molar-refractivity contribution is -0.384. The zero-order valence-corrected chi connectivity index (χ0v) is 15.8. The predicted molar refractivity (Wildman–Crippen MR) is 105 cm³/mol. The van der Waals surface area contributed by atoms with Crippen molar-refractivity contribution >= 4 is 23.4 Å². The number of nitrogens with zero attached hydrogens (tertiary/aromatic N) is 2. The van der Waals surface area contributed by atoms with Crippen LogP contribution in [0.4, 0.5) is 5.69 Å². The number of aliphatic imine (C=N–C) groups is 1. The van der Waals surface area contributed by atoms with Gasteiger partial charge >= 0.3 is 0 Å². The topological polar surface area (TPSA) is 79.6 Å². The van der Waals surface area contributed by atoms with Crippen LogP contribution in [0, 0.1) is 10.1 Å². The van der Waals surface area contributed by atoms with Crippen LogP contribution in [0.5, 0.6) is 0 Å². The van der Waals surface area contributed by atoms with E-state index in [0.29, 0.717) is 6.04 Å². The summed E-state index contributed by atoms with van der Waals surface area (Å²) in [5.74, 6) is 0.891. The van der Waals surface area contributed by atoms with Crippen LogP contribution in [0.1, 0.15) is 37.7 Å². The lowest BCUT2D eigenvalue weighted by Crippen LogP contribution is -2.42. The summed E-state index contributed by atoms with van der Waals surface area (Å²) < 4.78 is 0. The summed E-state index contributed by atoms with van der Waals surface area (Å²) in [5.41, 5.74) is 1.29. The number of unbranched alkanes of at least 4 members (excludes halogenated alkanes) is 1. The fourth-order valence-electron chi connectivity index (χ4n) is 3.12. The third kappa shape index (κ3) is 6.57. The van der Waals surface area contributed by atoms with Crippen LogP contribution in [0.2, 0.25) is 0 Å². The van der Waals surface area contributed by atoms with E-state index in [0.717, 1.165) is 42.6 Å². The third-order valence-corrected chi connectivity index (χ3v) is 5.71. The SMILES string of the molecule is CN=C(NCCCCc1ccc([N+](=O)[O-])cc1)NC1CCC(SC)C1. The molecule has 1 aromatic carbocycles. The van der Waals surface area contributed by atoms with Crippen LogP contribution in [0.15, 0.2) is 29.3 Å². The molecule has 0 radical (unpaired) electrons. The Balaban J connectivity index is 1.62. The summed E-state index contributed by atoms with van der Waals surface area (Å²) in [5, 5.41) is 18.3. The Morgan fingerprint density at radius 2 is 2.08 bits per heavy atom. The Bertz CT molecular complexity index is 577. The maximum atomic E-state index is 10.6. The standard InChI is InChI=1S/C18H28N4O2S/c1-19-18(21-15-8-11-17(13-15)25-2)20-12-4-3-5-14-6-9-16(10-7-14)22(23)24/h6-7,9-10,15,17H,3-5,8,11-13H2,1-2H3,(H2,19,20,21). The molecule has 0 aliphatic heterocycles. The van der Waals surface area contributed by atoms with Gasteiger partial charge in [0.25, 0.3) is 5.69 Å². The van der Waals surface area contributed by atoms with Crippen molar-refractivity contribution in [1.29, 1.82) is 0 Å². The molecule has 1 aliphatic carbocycles. The number of guanidine groups is 1. The first-order valence-electron chi connectivity index (χ1n) is 8.85. The largest absolute Gasteiger partial charge is 0.356 e. The quantitative estimate of drug-likeness (QED) is 0.243. The van der Waals surface area contributed by atoms with Crippen LogP contribution >= 0.6 is 11.8 Å². The van der Waals surface area contributed by atoms with E-state index in [-0.39, 0.29) is 10.6 Å². The second-order valence-corrected chi connectivity index (χ2v) is 7.53. The van der Waals surface area contributed by atoms with Crippen LogP contribution < -0.4 is 10.6 Å². The predicted octanol–water partition coefficient (Wildman–Crippen LogP) is 3.37. The molecule has 2 atom stereocenters. The van der Waals surface area contributed by atoms with Gasteiger partial charge in [0, 0.05) is 37.0 Å². The maximum Gasteiger partial charge on any atom is 0.269 e. The average molecular weight is 365 g/mol. The molecule has 2 rings (SSSR count). The lowest BCUT2D eigenvalue weighted by atomic mass is 10.1. The van der Waals surface area contributed by atoms with Crippen molar-refractivity contribution in [3.63, 3.8) is 0 Å². The molecule has 6 nitrogen and oxygen atoms in total. The first kappa shape index (κ1) is 19.6. The van der Waals surface area contributed by atoms with Gasteiger partial charge < -0.3 is 10.6 Å². The fraction of sp³-hybridized carbons (Fsp3) is 0.611. The van der Waals surface area contributed by atoms with Crippen LogP contribution in [-0.4, -0.2) is 42.0 Å². The van der Waals surface area contributed by atoms with Crippen molar-refractivity contribution in [1.82, 2.24) is 10.6 Å². The van der Waals surface area contributed by atoms with Crippen molar-refractivity contribution in [3.05, 3.63) is 39.9 Å². The highest BCUT2D eigenvalue weighted by Gasteiger charge is 2.24. The molecule has 0 bridgehead atoms. The fourth-order valence-corrected chi connectivity index (χ4v) is 3.92. The monoisotopic (exact) mass is 364 g/mol. The first-order chi connectivity index (χ1) is 12.1.